The van der Waals surface area contributed by atoms with Crippen molar-refractivity contribution in [3.63, 3.8) is 0 Å². The normalized spacial score (nSPS) is 12.0. The number of hydrogen-bond acceptors (Lipinski definition) is 3. The molecule has 4 nitrogen and oxygen atoms in total. The molecule has 0 spiro atoms. The Morgan fingerprint density at radius 1 is 1.00 bits per heavy atom. The first-order valence-corrected chi connectivity index (χ1v) is 8.10. The van der Waals surface area contributed by atoms with E-state index in [1.165, 1.54) is 12.1 Å². The molecule has 2 aromatic carbocycles. The zero-order valence-corrected chi connectivity index (χ0v) is 11.2. The van der Waals surface area contributed by atoms with Gasteiger partial charge in [0.2, 0.25) is 0 Å². The molecule has 0 aliphatic rings. The Kier molecular flexibility index (Phi) is 3.97. The molecule has 92 valence electrons. The summed E-state index contributed by atoms with van der Waals surface area (Å²) in [5, 5.41) is 11.0. The molecular formula is C13H11NO3Se. The van der Waals surface area contributed by atoms with Crippen molar-refractivity contribution in [1.82, 2.24) is 0 Å². The van der Waals surface area contributed by atoms with Crippen molar-refractivity contribution in [2.45, 2.75) is 5.32 Å². The Morgan fingerprint density at radius 2 is 1.61 bits per heavy atom. The van der Waals surface area contributed by atoms with Crippen LogP contribution in [0.2, 0.25) is 0 Å². The van der Waals surface area contributed by atoms with Crippen LogP contribution in [-0.4, -0.2) is 18.8 Å². The predicted molar refractivity (Wildman–Crippen MR) is 69.3 cm³/mol. The maximum atomic E-state index is 12.1. The van der Waals surface area contributed by atoms with E-state index in [1.807, 2.05) is 30.3 Å². The van der Waals surface area contributed by atoms with E-state index in [0.717, 1.165) is 5.56 Å². The van der Waals surface area contributed by atoms with Crippen LogP contribution in [0.1, 0.15) is 5.56 Å². The standard InChI is InChI=1S/C13H11NO3Se/c15-14(16)12-6-8-13(9-7-12)18(17)10-11-4-2-1-3-5-11/h1-9H,10H2. The summed E-state index contributed by atoms with van der Waals surface area (Å²) in [5.74, 6) is 0. The second-order valence-corrected chi connectivity index (χ2v) is 6.77. The van der Waals surface area contributed by atoms with Gasteiger partial charge >= 0.3 is 108 Å². The number of benzene rings is 2. The van der Waals surface area contributed by atoms with Gasteiger partial charge in [-0.05, 0) is 0 Å². The van der Waals surface area contributed by atoms with Crippen LogP contribution in [0.4, 0.5) is 5.69 Å². The molecule has 2 rings (SSSR count). The van der Waals surface area contributed by atoms with Crippen molar-refractivity contribution in [3.05, 3.63) is 70.3 Å². The van der Waals surface area contributed by atoms with Crippen LogP contribution >= 0.6 is 0 Å². The summed E-state index contributed by atoms with van der Waals surface area (Å²) in [5.41, 5.74) is 1.05. The molecule has 0 saturated heterocycles. The van der Waals surface area contributed by atoms with Crippen LogP contribution in [0.25, 0.3) is 0 Å². The summed E-state index contributed by atoms with van der Waals surface area (Å²) in [6.45, 7) is 0. The summed E-state index contributed by atoms with van der Waals surface area (Å²) in [4.78, 5) is 10.1. The third-order valence-corrected chi connectivity index (χ3v) is 5.37. The summed E-state index contributed by atoms with van der Waals surface area (Å²) in [6, 6.07) is 15.5. The molecule has 5 heteroatoms. The van der Waals surface area contributed by atoms with E-state index >= 15 is 0 Å². The van der Waals surface area contributed by atoms with Crippen LogP contribution in [-0.2, 0) is 9.15 Å². The number of nitrogens with zero attached hydrogens (tertiary/aromatic N) is 1. The molecule has 0 saturated carbocycles. The molecule has 18 heavy (non-hydrogen) atoms. The quantitative estimate of drug-likeness (QED) is 0.493. The Hall–Kier alpha value is -1.84. The second-order valence-electron chi connectivity index (χ2n) is 3.73. The average molecular weight is 308 g/mol. The van der Waals surface area contributed by atoms with Crippen LogP contribution in [0.3, 0.4) is 0 Å². The van der Waals surface area contributed by atoms with Crippen LogP contribution in [0, 0.1) is 10.1 Å². The molecule has 1 atom stereocenters. The topological polar surface area (TPSA) is 60.2 Å². The molecule has 0 aromatic heterocycles. The van der Waals surface area contributed by atoms with E-state index in [1.54, 1.807) is 12.1 Å². The maximum absolute atomic E-state index is 12.1. The fourth-order valence-corrected chi connectivity index (χ4v) is 3.84. The van der Waals surface area contributed by atoms with Gasteiger partial charge in [-0.25, -0.2) is 0 Å². The summed E-state index contributed by atoms with van der Waals surface area (Å²) >= 11 is -2.17. The van der Waals surface area contributed by atoms with E-state index < -0.39 is 18.8 Å². The van der Waals surface area contributed by atoms with Gasteiger partial charge in [0.15, 0.2) is 0 Å². The van der Waals surface area contributed by atoms with Crippen LogP contribution < -0.4 is 4.46 Å². The van der Waals surface area contributed by atoms with Crippen molar-refractivity contribution in [2.75, 3.05) is 0 Å². The van der Waals surface area contributed by atoms with E-state index in [0.29, 0.717) is 9.78 Å². The Labute approximate surface area is 109 Å². The van der Waals surface area contributed by atoms with Gasteiger partial charge in [-0.3, -0.25) is 0 Å². The number of hydrogen-bond donors (Lipinski definition) is 0. The average Bonchev–Trinajstić information content (AvgIpc) is 2.40. The zero-order chi connectivity index (χ0) is 13.0. The van der Waals surface area contributed by atoms with Gasteiger partial charge in [-0.2, -0.15) is 0 Å². The third-order valence-electron chi connectivity index (χ3n) is 2.45. The minimum atomic E-state index is -2.17. The Bertz CT molecular complexity index is 567. The number of rotatable bonds is 4. The second kappa shape index (κ2) is 5.67. The molecule has 0 heterocycles. The number of non-ortho nitro benzene ring substituents is 1. The van der Waals surface area contributed by atoms with Crippen molar-refractivity contribution < 1.29 is 8.76 Å². The van der Waals surface area contributed by atoms with Gasteiger partial charge in [-0.1, -0.05) is 0 Å². The van der Waals surface area contributed by atoms with Crippen LogP contribution in [0.5, 0.6) is 0 Å². The SMILES string of the molecule is O=[N+]([O-])c1ccc([Se](=O)Cc2ccccc2)cc1. The van der Waals surface area contributed by atoms with E-state index in [4.69, 9.17) is 0 Å². The molecule has 0 bridgehead atoms. The van der Waals surface area contributed by atoms with Gasteiger partial charge < -0.3 is 0 Å². The van der Waals surface area contributed by atoms with Gasteiger partial charge in [-0.15, -0.1) is 0 Å². The van der Waals surface area contributed by atoms with Gasteiger partial charge in [0.05, 0.1) is 0 Å². The molecule has 1 unspecified atom stereocenters. The summed E-state index contributed by atoms with van der Waals surface area (Å²) < 4.78 is 12.8. The van der Waals surface area contributed by atoms with Gasteiger partial charge in [0.25, 0.3) is 0 Å². The molecule has 0 amide bonds. The fraction of sp³-hybridized carbons (Fsp3) is 0.0769. The van der Waals surface area contributed by atoms with Crippen molar-refractivity contribution >= 4 is 24.0 Å². The molecular weight excluding hydrogens is 297 g/mol. The van der Waals surface area contributed by atoms with Crippen molar-refractivity contribution in [3.8, 4) is 0 Å². The van der Waals surface area contributed by atoms with E-state index in [9.17, 15) is 13.9 Å². The molecule has 0 aliphatic carbocycles. The van der Waals surface area contributed by atoms with Crippen molar-refractivity contribution in [1.29, 1.82) is 0 Å². The summed E-state index contributed by atoms with van der Waals surface area (Å²) in [7, 11) is 0. The summed E-state index contributed by atoms with van der Waals surface area (Å²) in [6.07, 6.45) is 0. The molecule has 0 N–H and O–H groups in total. The van der Waals surface area contributed by atoms with Crippen molar-refractivity contribution in [2.24, 2.45) is 0 Å². The molecule has 2 aromatic rings. The molecule has 0 radical (unpaired) electrons. The van der Waals surface area contributed by atoms with E-state index in [2.05, 4.69) is 0 Å². The predicted octanol–water partition coefficient (Wildman–Crippen LogP) is 2.01. The zero-order valence-electron chi connectivity index (χ0n) is 9.48. The molecule has 0 fully saturated rings. The monoisotopic (exact) mass is 309 g/mol. The number of nitro benzene ring substituents is 1. The van der Waals surface area contributed by atoms with Crippen LogP contribution in [0.15, 0.2) is 54.6 Å². The third kappa shape index (κ3) is 3.09. The van der Waals surface area contributed by atoms with Gasteiger partial charge in [0, 0.05) is 0 Å². The Morgan fingerprint density at radius 3 is 2.17 bits per heavy atom. The first-order valence-electron chi connectivity index (χ1n) is 5.33. The van der Waals surface area contributed by atoms with Gasteiger partial charge in [0.1, 0.15) is 0 Å². The molecule has 0 aliphatic heterocycles. The first-order chi connectivity index (χ1) is 8.66. The fourth-order valence-electron chi connectivity index (χ4n) is 1.53. The van der Waals surface area contributed by atoms with E-state index in [-0.39, 0.29) is 5.69 Å². The Balaban J connectivity index is 2.12. The number of nitro groups is 1. The first kappa shape index (κ1) is 12.6. The minimum absolute atomic E-state index is 0.0252.